The minimum Gasteiger partial charge on any atom is -0.508 e. The number of amides is 1. The van der Waals surface area contributed by atoms with Gasteiger partial charge in [0, 0.05) is 5.56 Å². The second-order valence-corrected chi connectivity index (χ2v) is 4.31. The van der Waals surface area contributed by atoms with Crippen LogP contribution in [0.4, 0.5) is 0 Å². The lowest BCUT2D eigenvalue weighted by molar-refractivity contribution is 0.0947. The SMILES string of the molecule is O=C(NCc1nc2ccccc2o1)c1cccc(O)c1. The molecule has 1 aromatic heterocycles. The number of rotatable bonds is 3. The van der Waals surface area contributed by atoms with Gasteiger partial charge in [0.05, 0.1) is 6.54 Å². The van der Waals surface area contributed by atoms with E-state index in [-0.39, 0.29) is 18.2 Å². The van der Waals surface area contributed by atoms with Crippen molar-refractivity contribution in [1.82, 2.24) is 10.3 Å². The molecule has 0 aliphatic rings. The van der Waals surface area contributed by atoms with Crippen LogP contribution in [0, 0.1) is 0 Å². The van der Waals surface area contributed by atoms with E-state index in [1.165, 1.54) is 12.1 Å². The third-order valence-corrected chi connectivity index (χ3v) is 2.85. The number of hydrogen-bond acceptors (Lipinski definition) is 4. The van der Waals surface area contributed by atoms with Gasteiger partial charge >= 0.3 is 0 Å². The molecule has 0 aliphatic heterocycles. The van der Waals surface area contributed by atoms with Crippen LogP contribution in [0.3, 0.4) is 0 Å². The van der Waals surface area contributed by atoms with Crippen molar-refractivity contribution < 1.29 is 14.3 Å². The quantitative estimate of drug-likeness (QED) is 0.765. The van der Waals surface area contributed by atoms with Crippen molar-refractivity contribution >= 4 is 17.0 Å². The van der Waals surface area contributed by atoms with Gasteiger partial charge in [-0.15, -0.1) is 0 Å². The molecule has 1 heterocycles. The van der Waals surface area contributed by atoms with Crippen LogP contribution in [0.5, 0.6) is 5.75 Å². The van der Waals surface area contributed by atoms with Crippen molar-refractivity contribution in [3.05, 3.63) is 60.0 Å². The highest BCUT2D eigenvalue weighted by Gasteiger charge is 2.09. The van der Waals surface area contributed by atoms with Crippen LogP contribution >= 0.6 is 0 Å². The van der Waals surface area contributed by atoms with Gasteiger partial charge < -0.3 is 14.8 Å². The Bertz CT molecular complexity index is 731. The first-order valence-electron chi connectivity index (χ1n) is 6.14. The van der Waals surface area contributed by atoms with Crippen molar-refractivity contribution in [2.24, 2.45) is 0 Å². The molecule has 100 valence electrons. The fourth-order valence-corrected chi connectivity index (χ4v) is 1.90. The van der Waals surface area contributed by atoms with E-state index in [2.05, 4.69) is 10.3 Å². The van der Waals surface area contributed by atoms with Crippen molar-refractivity contribution in [1.29, 1.82) is 0 Å². The molecule has 2 N–H and O–H groups in total. The summed E-state index contributed by atoms with van der Waals surface area (Å²) in [6.45, 7) is 0.198. The van der Waals surface area contributed by atoms with E-state index in [9.17, 15) is 9.90 Å². The molecule has 3 aromatic rings. The van der Waals surface area contributed by atoms with Crippen molar-refractivity contribution in [2.75, 3.05) is 0 Å². The topological polar surface area (TPSA) is 75.4 Å². The van der Waals surface area contributed by atoms with Gasteiger partial charge in [-0.25, -0.2) is 4.98 Å². The number of hydrogen-bond donors (Lipinski definition) is 2. The Labute approximate surface area is 114 Å². The number of aromatic hydroxyl groups is 1. The van der Waals surface area contributed by atoms with Crippen LogP contribution in [-0.2, 0) is 6.54 Å². The van der Waals surface area contributed by atoms with Crippen LogP contribution < -0.4 is 5.32 Å². The van der Waals surface area contributed by atoms with Crippen LogP contribution in [0.2, 0.25) is 0 Å². The van der Waals surface area contributed by atoms with Gasteiger partial charge in [0.2, 0.25) is 5.89 Å². The molecular weight excluding hydrogens is 256 g/mol. The van der Waals surface area contributed by atoms with E-state index in [0.29, 0.717) is 17.0 Å². The Balaban J connectivity index is 1.71. The van der Waals surface area contributed by atoms with Crippen LogP contribution in [0.15, 0.2) is 52.9 Å². The number of aromatic nitrogens is 1. The maximum absolute atomic E-state index is 11.9. The molecule has 0 atom stereocenters. The lowest BCUT2D eigenvalue weighted by Gasteiger charge is -2.02. The molecule has 0 bridgehead atoms. The number of para-hydroxylation sites is 2. The number of benzene rings is 2. The summed E-state index contributed by atoms with van der Waals surface area (Å²) < 4.78 is 5.50. The molecule has 0 radical (unpaired) electrons. The maximum Gasteiger partial charge on any atom is 0.251 e. The van der Waals surface area contributed by atoms with Crippen LogP contribution in [-0.4, -0.2) is 16.0 Å². The lowest BCUT2D eigenvalue weighted by Crippen LogP contribution is -2.22. The molecule has 0 unspecified atom stereocenters. The summed E-state index contributed by atoms with van der Waals surface area (Å²) >= 11 is 0. The molecule has 0 aliphatic carbocycles. The smallest absolute Gasteiger partial charge is 0.251 e. The monoisotopic (exact) mass is 268 g/mol. The summed E-state index contributed by atoms with van der Waals surface area (Å²) in [6.07, 6.45) is 0. The molecule has 1 amide bonds. The highest BCUT2D eigenvalue weighted by atomic mass is 16.3. The van der Waals surface area contributed by atoms with E-state index in [0.717, 1.165) is 5.52 Å². The zero-order valence-electron chi connectivity index (χ0n) is 10.5. The van der Waals surface area contributed by atoms with Crippen molar-refractivity contribution in [3.63, 3.8) is 0 Å². The molecule has 20 heavy (non-hydrogen) atoms. The Morgan fingerprint density at radius 2 is 2.05 bits per heavy atom. The summed E-state index contributed by atoms with van der Waals surface area (Å²) in [6, 6.07) is 13.6. The number of nitrogens with zero attached hydrogens (tertiary/aromatic N) is 1. The molecular formula is C15H12N2O3. The number of nitrogens with one attached hydrogen (secondary N) is 1. The first kappa shape index (κ1) is 12.2. The Morgan fingerprint density at radius 3 is 2.85 bits per heavy atom. The fourth-order valence-electron chi connectivity index (χ4n) is 1.90. The number of fused-ring (bicyclic) bond motifs is 1. The molecule has 5 heteroatoms. The van der Waals surface area contributed by atoms with Gasteiger partial charge in [0.1, 0.15) is 11.3 Å². The van der Waals surface area contributed by atoms with Gasteiger partial charge in [0.15, 0.2) is 5.58 Å². The van der Waals surface area contributed by atoms with Gasteiger partial charge in [-0.3, -0.25) is 4.79 Å². The molecule has 0 saturated heterocycles. The standard InChI is InChI=1S/C15H12N2O3/c18-11-5-3-4-10(8-11)15(19)16-9-14-17-12-6-1-2-7-13(12)20-14/h1-8,18H,9H2,(H,16,19). The minimum absolute atomic E-state index is 0.0551. The molecule has 0 spiro atoms. The first-order chi connectivity index (χ1) is 9.72. The Hall–Kier alpha value is -2.82. The maximum atomic E-state index is 11.9. The van der Waals surface area contributed by atoms with Gasteiger partial charge in [-0.05, 0) is 30.3 Å². The van der Waals surface area contributed by atoms with E-state index >= 15 is 0 Å². The van der Waals surface area contributed by atoms with Gasteiger partial charge in [-0.1, -0.05) is 18.2 Å². The second-order valence-electron chi connectivity index (χ2n) is 4.31. The summed E-state index contributed by atoms with van der Waals surface area (Å²) in [5.41, 5.74) is 1.84. The number of phenols is 1. The molecule has 2 aromatic carbocycles. The zero-order chi connectivity index (χ0) is 13.9. The molecule has 0 saturated carbocycles. The number of carbonyl (C=O) groups is 1. The minimum atomic E-state index is -0.289. The van der Waals surface area contributed by atoms with E-state index in [4.69, 9.17) is 4.42 Å². The van der Waals surface area contributed by atoms with Crippen LogP contribution in [0.1, 0.15) is 16.2 Å². The highest BCUT2D eigenvalue weighted by Crippen LogP contribution is 2.15. The molecule has 3 rings (SSSR count). The first-order valence-corrected chi connectivity index (χ1v) is 6.14. The average Bonchev–Trinajstić information content (AvgIpc) is 2.87. The number of oxazole rings is 1. The predicted molar refractivity (Wildman–Crippen MR) is 73.3 cm³/mol. The Morgan fingerprint density at radius 1 is 1.20 bits per heavy atom. The number of phenolic OH excluding ortho intramolecular Hbond substituents is 1. The fraction of sp³-hybridized carbons (Fsp3) is 0.0667. The van der Waals surface area contributed by atoms with Crippen molar-refractivity contribution in [3.8, 4) is 5.75 Å². The summed E-state index contributed by atoms with van der Waals surface area (Å²) in [5, 5.41) is 12.0. The van der Waals surface area contributed by atoms with Gasteiger partial charge in [0.25, 0.3) is 5.91 Å². The van der Waals surface area contributed by atoms with Crippen molar-refractivity contribution in [2.45, 2.75) is 6.54 Å². The third kappa shape index (κ3) is 2.47. The second kappa shape index (κ2) is 5.05. The summed E-state index contributed by atoms with van der Waals surface area (Å²) in [4.78, 5) is 16.2. The zero-order valence-corrected chi connectivity index (χ0v) is 10.5. The molecule has 5 nitrogen and oxygen atoms in total. The molecule has 0 fully saturated rings. The van der Waals surface area contributed by atoms with Crippen LogP contribution in [0.25, 0.3) is 11.1 Å². The number of carbonyl (C=O) groups excluding carboxylic acids is 1. The lowest BCUT2D eigenvalue weighted by atomic mass is 10.2. The average molecular weight is 268 g/mol. The van der Waals surface area contributed by atoms with E-state index in [1.54, 1.807) is 12.1 Å². The predicted octanol–water partition coefficient (Wildman–Crippen LogP) is 2.46. The highest BCUT2D eigenvalue weighted by molar-refractivity contribution is 5.94. The third-order valence-electron chi connectivity index (χ3n) is 2.85. The largest absolute Gasteiger partial charge is 0.508 e. The summed E-state index contributed by atoms with van der Waals surface area (Å²) in [5.74, 6) is 0.211. The Kier molecular flexibility index (Phi) is 3.09. The van der Waals surface area contributed by atoms with Gasteiger partial charge in [-0.2, -0.15) is 0 Å². The van der Waals surface area contributed by atoms with E-state index < -0.39 is 0 Å². The normalized spacial score (nSPS) is 10.6. The summed E-state index contributed by atoms with van der Waals surface area (Å²) in [7, 11) is 0. The van der Waals surface area contributed by atoms with E-state index in [1.807, 2.05) is 24.3 Å².